The third kappa shape index (κ3) is 5.01. The molecular weight excluding hydrogens is 340 g/mol. The predicted molar refractivity (Wildman–Crippen MR) is 87.3 cm³/mol. The first kappa shape index (κ1) is 16.2. The lowest BCUT2D eigenvalue weighted by Gasteiger charge is -2.26. The van der Waals surface area contributed by atoms with Crippen LogP contribution in [0.15, 0.2) is 22.7 Å². The van der Waals surface area contributed by atoms with E-state index in [9.17, 15) is 0 Å². The highest BCUT2D eigenvalue weighted by atomic mass is 79.9. The van der Waals surface area contributed by atoms with E-state index in [2.05, 4.69) is 32.2 Å². The van der Waals surface area contributed by atoms with Gasteiger partial charge in [-0.25, -0.2) is 0 Å². The van der Waals surface area contributed by atoms with Gasteiger partial charge in [-0.2, -0.15) is 0 Å². The van der Waals surface area contributed by atoms with Gasteiger partial charge in [-0.05, 0) is 43.1 Å². The summed E-state index contributed by atoms with van der Waals surface area (Å²) in [5, 5.41) is 4.38. The smallest absolute Gasteiger partial charge is 0.0589 e. The van der Waals surface area contributed by atoms with Crippen molar-refractivity contribution in [1.29, 1.82) is 0 Å². The number of hydrogen-bond donors (Lipinski definition) is 1. The highest BCUT2D eigenvalue weighted by molar-refractivity contribution is 9.10. The Balaban J connectivity index is 1.99. The average Bonchev–Trinajstić information content (AvgIpc) is 2.93. The van der Waals surface area contributed by atoms with Crippen LogP contribution in [0.2, 0.25) is 5.02 Å². The Morgan fingerprint density at radius 1 is 1.50 bits per heavy atom. The SMILES string of the molecule is COCCN(Cc1cc(Br)ccc1Cl)CC1CCCN1. The van der Waals surface area contributed by atoms with Crippen molar-refractivity contribution in [3.63, 3.8) is 0 Å². The molecule has 1 aliphatic heterocycles. The van der Waals surface area contributed by atoms with Crippen molar-refractivity contribution in [2.24, 2.45) is 0 Å². The number of ether oxygens (including phenoxy) is 1. The van der Waals surface area contributed by atoms with Crippen LogP contribution >= 0.6 is 27.5 Å². The topological polar surface area (TPSA) is 24.5 Å². The van der Waals surface area contributed by atoms with E-state index >= 15 is 0 Å². The Morgan fingerprint density at radius 2 is 2.35 bits per heavy atom. The minimum absolute atomic E-state index is 0.595. The summed E-state index contributed by atoms with van der Waals surface area (Å²) in [4.78, 5) is 2.42. The third-order valence-corrected chi connectivity index (χ3v) is 4.52. The van der Waals surface area contributed by atoms with Crippen molar-refractivity contribution in [2.75, 3.05) is 33.4 Å². The van der Waals surface area contributed by atoms with Gasteiger partial charge < -0.3 is 10.1 Å². The lowest BCUT2D eigenvalue weighted by Crippen LogP contribution is -2.38. The van der Waals surface area contributed by atoms with Crippen molar-refractivity contribution in [3.05, 3.63) is 33.3 Å². The van der Waals surface area contributed by atoms with E-state index in [1.165, 1.54) is 12.8 Å². The predicted octanol–water partition coefficient (Wildman–Crippen LogP) is 3.30. The Morgan fingerprint density at radius 3 is 3.05 bits per heavy atom. The third-order valence-electron chi connectivity index (χ3n) is 3.65. The molecule has 0 amide bonds. The van der Waals surface area contributed by atoms with Crippen LogP contribution in [0.25, 0.3) is 0 Å². The van der Waals surface area contributed by atoms with E-state index in [0.29, 0.717) is 6.04 Å². The van der Waals surface area contributed by atoms with Crippen LogP contribution in [0.5, 0.6) is 0 Å². The number of rotatable bonds is 7. The Hall–Kier alpha value is -0.130. The van der Waals surface area contributed by atoms with E-state index in [1.54, 1.807) is 7.11 Å². The molecule has 1 fully saturated rings. The molecule has 3 nitrogen and oxygen atoms in total. The first-order valence-corrected chi connectivity index (χ1v) is 8.24. The highest BCUT2D eigenvalue weighted by Crippen LogP contribution is 2.22. The molecule has 1 aromatic rings. The summed E-state index contributed by atoms with van der Waals surface area (Å²) in [5.74, 6) is 0. The summed E-state index contributed by atoms with van der Waals surface area (Å²) in [6.45, 7) is 4.72. The monoisotopic (exact) mass is 360 g/mol. The Bertz CT molecular complexity index is 424. The average molecular weight is 362 g/mol. The second-order valence-electron chi connectivity index (χ2n) is 5.26. The van der Waals surface area contributed by atoms with Crippen molar-refractivity contribution >= 4 is 27.5 Å². The zero-order chi connectivity index (χ0) is 14.4. The molecule has 1 unspecified atom stereocenters. The molecule has 1 saturated heterocycles. The molecule has 0 aliphatic carbocycles. The molecule has 1 N–H and O–H groups in total. The lowest BCUT2D eigenvalue weighted by molar-refractivity contribution is 0.138. The second kappa shape index (κ2) is 8.35. The quantitative estimate of drug-likeness (QED) is 0.806. The van der Waals surface area contributed by atoms with Crippen molar-refractivity contribution in [2.45, 2.75) is 25.4 Å². The number of nitrogens with zero attached hydrogens (tertiary/aromatic N) is 1. The lowest BCUT2D eigenvalue weighted by atomic mass is 10.1. The zero-order valence-corrected chi connectivity index (χ0v) is 14.2. The number of nitrogens with one attached hydrogen (secondary N) is 1. The number of benzene rings is 1. The van der Waals surface area contributed by atoms with Crippen LogP contribution in [0, 0.1) is 0 Å². The molecular formula is C15H22BrClN2O. The summed E-state index contributed by atoms with van der Waals surface area (Å²) in [6.07, 6.45) is 2.54. The van der Waals surface area contributed by atoms with E-state index in [4.69, 9.17) is 16.3 Å². The van der Waals surface area contributed by atoms with Gasteiger partial charge in [0.25, 0.3) is 0 Å². The van der Waals surface area contributed by atoms with Crippen LogP contribution in [0.3, 0.4) is 0 Å². The summed E-state index contributed by atoms with van der Waals surface area (Å²) < 4.78 is 6.30. The van der Waals surface area contributed by atoms with E-state index < -0.39 is 0 Å². The van der Waals surface area contributed by atoms with Crippen molar-refractivity contribution < 1.29 is 4.74 Å². The second-order valence-corrected chi connectivity index (χ2v) is 6.58. The van der Waals surface area contributed by atoms with Crippen LogP contribution in [-0.2, 0) is 11.3 Å². The Labute approximate surface area is 134 Å². The largest absolute Gasteiger partial charge is 0.383 e. The van der Waals surface area contributed by atoms with E-state index in [1.807, 2.05) is 12.1 Å². The van der Waals surface area contributed by atoms with Gasteiger partial charge in [0.1, 0.15) is 0 Å². The summed E-state index contributed by atoms with van der Waals surface area (Å²) in [7, 11) is 1.75. The fourth-order valence-electron chi connectivity index (χ4n) is 2.58. The normalized spacial score (nSPS) is 18.9. The van der Waals surface area contributed by atoms with Gasteiger partial charge in [0.15, 0.2) is 0 Å². The molecule has 1 heterocycles. The molecule has 2 rings (SSSR count). The molecule has 0 bridgehead atoms. The molecule has 0 aromatic heterocycles. The first-order chi connectivity index (χ1) is 9.69. The molecule has 20 heavy (non-hydrogen) atoms. The van der Waals surface area contributed by atoms with Gasteiger partial charge in [0.2, 0.25) is 0 Å². The van der Waals surface area contributed by atoms with Gasteiger partial charge in [-0.1, -0.05) is 27.5 Å². The molecule has 112 valence electrons. The van der Waals surface area contributed by atoms with Crippen LogP contribution in [-0.4, -0.2) is 44.3 Å². The van der Waals surface area contributed by atoms with E-state index in [-0.39, 0.29) is 0 Å². The van der Waals surface area contributed by atoms with E-state index in [0.717, 1.165) is 47.8 Å². The van der Waals surface area contributed by atoms with Crippen molar-refractivity contribution in [3.8, 4) is 0 Å². The van der Waals surface area contributed by atoms with Crippen LogP contribution in [0.1, 0.15) is 18.4 Å². The minimum Gasteiger partial charge on any atom is -0.383 e. The van der Waals surface area contributed by atoms with Crippen LogP contribution in [0.4, 0.5) is 0 Å². The summed E-state index contributed by atoms with van der Waals surface area (Å²) in [6, 6.07) is 6.62. The van der Waals surface area contributed by atoms with Crippen molar-refractivity contribution in [1.82, 2.24) is 10.2 Å². The van der Waals surface area contributed by atoms with Gasteiger partial charge in [0, 0.05) is 42.3 Å². The molecule has 0 saturated carbocycles. The minimum atomic E-state index is 0.595. The maximum Gasteiger partial charge on any atom is 0.0589 e. The molecule has 1 atom stereocenters. The molecule has 1 aliphatic rings. The number of methoxy groups -OCH3 is 1. The Kier molecular flexibility index (Phi) is 6.78. The first-order valence-electron chi connectivity index (χ1n) is 7.07. The fourth-order valence-corrected chi connectivity index (χ4v) is 3.17. The van der Waals surface area contributed by atoms with Gasteiger partial charge in [-0.15, -0.1) is 0 Å². The van der Waals surface area contributed by atoms with Gasteiger partial charge in [0.05, 0.1) is 6.61 Å². The molecule has 0 radical (unpaired) electrons. The maximum absolute atomic E-state index is 6.30. The molecule has 5 heteroatoms. The molecule has 0 spiro atoms. The fraction of sp³-hybridized carbons (Fsp3) is 0.600. The highest BCUT2D eigenvalue weighted by Gasteiger charge is 2.18. The standard InChI is InChI=1S/C15H22BrClN2O/c1-20-8-7-19(11-14-3-2-6-18-14)10-12-9-13(16)4-5-15(12)17/h4-5,9,14,18H,2-3,6-8,10-11H2,1H3. The van der Waals surface area contributed by atoms with Gasteiger partial charge >= 0.3 is 0 Å². The summed E-state index contributed by atoms with van der Waals surface area (Å²) in [5.41, 5.74) is 1.16. The van der Waals surface area contributed by atoms with Crippen LogP contribution < -0.4 is 5.32 Å². The maximum atomic E-state index is 6.30. The molecule has 1 aromatic carbocycles. The van der Waals surface area contributed by atoms with Gasteiger partial charge in [-0.3, -0.25) is 4.90 Å². The number of hydrogen-bond acceptors (Lipinski definition) is 3. The summed E-state index contributed by atoms with van der Waals surface area (Å²) >= 11 is 9.81. The number of halogens is 2. The zero-order valence-electron chi connectivity index (χ0n) is 11.9.